The van der Waals surface area contributed by atoms with Crippen molar-refractivity contribution in [1.29, 1.82) is 0 Å². The van der Waals surface area contributed by atoms with Gasteiger partial charge in [0.15, 0.2) is 0 Å². The average Bonchev–Trinajstić information content (AvgIpc) is 2.45. The molecule has 1 aromatic carbocycles. The molecule has 0 saturated heterocycles. The van der Waals surface area contributed by atoms with Crippen LogP contribution < -0.4 is 10.2 Å². The molecule has 1 atom stereocenters. The van der Waals surface area contributed by atoms with Crippen LogP contribution >= 0.6 is 0 Å². The number of para-hydroxylation sites is 1. The van der Waals surface area contributed by atoms with E-state index >= 15 is 0 Å². The first-order valence-corrected chi connectivity index (χ1v) is 6.31. The number of amides is 1. The minimum absolute atomic E-state index is 0.0400. The molecule has 0 saturated carbocycles. The maximum Gasteiger partial charge on any atom is 0.305 e. The third-order valence-corrected chi connectivity index (χ3v) is 2.87. The number of hydrogen-bond acceptors (Lipinski definition) is 3. The summed E-state index contributed by atoms with van der Waals surface area (Å²) in [6.07, 6.45) is 5.07. The Morgan fingerprint density at radius 3 is 2.60 bits per heavy atom. The van der Waals surface area contributed by atoms with Gasteiger partial charge in [-0.05, 0) is 19.1 Å². The van der Waals surface area contributed by atoms with Gasteiger partial charge in [0.25, 0.3) is 0 Å². The van der Waals surface area contributed by atoms with E-state index in [1.807, 2.05) is 30.3 Å². The topological polar surface area (TPSA) is 69.6 Å². The zero-order chi connectivity index (χ0) is 15.0. The van der Waals surface area contributed by atoms with E-state index in [1.54, 1.807) is 11.8 Å². The van der Waals surface area contributed by atoms with Crippen LogP contribution in [0.3, 0.4) is 0 Å². The molecule has 1 aromatic rings. The van der Waals surface area contributed by atoms with Gasteiger partial charge < -0.3 is 15.3 Å². The Kier molecular flexibility index (Phi) is 6.11. The van der Waals surface area contributed by atoms with Gasteiger partial charge in [0.1, 0.15) is 6.04 Å². The van der Waals surface area contributed by atoms with E-state index in [-0.39, 0.29) is 25.4 Å². The van der Waals surface area contributed by atoms with Gasteiger partial charge in [-0.2, -0.15) is 0 Å². The van der Waals surface area contributed by atoms with E-state index < -0.39 is 12.0 Å². The third kappa shape index (κ3) is 4.65. The molecule has 1 unspecified atom stereocenters. The summed E-state index contributed by atoms with van der Waals surface area (Å²) >= 11 is 0. The maximum atomic E-state index is 12.0. The Hall–Kier alpha value is -2.48. The molecule has 0 radical (unpaired) electrons. The average molecular weight is 274 g/mol. The largest absolute Gasteiger partial charge is 0.481 e. The van der Waals surface area contributed by atoms with Crippen molar-refractivity contribution in [2.45, 2.75) is 19.4 Å². The lowest BCUT2D eigenvalue weighted by molar-refractivity contribution is -0.137. The van der Waals surface area contributed by atoms with Crippen molar-refractivity contribution in [2.24, 2.45) is 0 Å². The van der Waals surface area contributed by atoms with Crippen LogP contribution in [0.4, 0.5) is 5.69 Å². The fourth-order valence-corrected chi connectivity index (χ4v) is 1.81. The van der Waals surface area contributed by atoms with Crippen molar-refractivity contribution < 1.29 is 14.7 Å². The zero-order valence-corrected chi connectivity index (χ0v) is 11.4. The number of carboxylic acid groups (broad SMARTS) is 1. The minimum atomic E-state index is -0.901. The number of carbonyl (C=O) groups is 2. The first-order valence-electron chi connectivity index (χ1n) is 6.31. The Bertz CT molecular complexity index is 494. The van der Waals surface area contributed by atoms with Gasteiger partial charge in [0, 0.05) is 12.2 Å². The van der Waals surface area contributed by atoms with E-state index in [1.165, 1.54) is 0 Å². The number of aliphatic carboxylic acids is 1. The van der Waals surface area contributed by atoms with Crippen molar-refractivity contribution in [3.05, 3.63) is 30.3 Å². The zero-order valence-electron chi connectivity index (χ0n) is 11.4. The number of carboxylic acids is 1. The standard InChI is InChI=1S/C15H18N2O3/c1-3-10-16-15(20)12(2)17(11-9-14(18)19)13-7-5-4-6-8-13/h1,4-8,12H,9-11H2,2H3,(H,16,20)(H,18,19). The molecule has 0 fully saturated rings. The lowest BCUT2D eigenvalue weighted by Gasteiger charge is -2.29. The lowest BCUT2D eigenvalue weighted by atomic mass is 10.2. The predicted octanol–water partition coefficient (Wildman–Crippen LogP) is 1.11. The fourth-order valence-electron chi connectivity index (χ4n) is 1.81. The summed E-state index contributed by atoms with van der Waals surface area (Å²) in [7, 11) is 0. The molecule has 5 nitrogen and oxygen atoms in total. The van der Waals surface area contributed by atoms with Crippen molar-refractivity contribution in [1.82, 2.24) is 5.32 Å². The van der Waals surface area contributed by atoms with Crippen molar-refractivity contribution in [2.75, 3.05) is 18.0 Å². The molecular weight excluding hydrogens is 256 g/mol. The number of hydrogen-bond donors (Lipinski definition) is 2. The second kappa shape index (κ2) is 7.85. The molecule has 0 aliphatic rings. The van der Waals surface area contributed by atoms with Gasteiger partial charge in [0.05, 0.1) is 13.0 Å². The molecule has 1 rings (SSSR count). The molecule has 0 spiro atoms. The molecule has 1 amide bonds. The minimum Gasteiger partial charge on any atom is -0.481 e. The highest BCUT2D eigenvalue weighted by Crippen LogP contribution is 2.17. The summed E-state index contributed by atoms with van der Waals surface area (Å²) < 4.78 is 0. The molecule has 0 aliphatic heterocycles. The van der Waals surface area contributed by atoms with E-state index in [4.69, 9.17) is 11.5 Å². The van der Waals surface area contributed by atoms with Gasteiger partial charge in [-0.15, -0.1) is 6.42 Å². The van der Waals surface area contributed by atoms with Gasteiger partial charge >= 0.3 is 5.97 Å². The van der Waals surface area contributed by atoms with Gasteiger partial charge in [-0.3, -0.25) is 9.59 Å². The Balaban J connectivity index is 2.84. The van der Waals surface area contributed by atoms with Crippen LogP contribution in [-0.4, -0.2) is 36.1 Å². The van der Waals surface area contributed by atoms with E-state index in [9.17, 15) is 9.59 Å². The monoisotopic (exact) mass is 274 g/mol. The van der Waals surface area contributed by atoms with Crippen LogP contribution in [0, 0.1) is 12.3 Å². The fraction of sp³-hybridized carbons (Fsp3) is 0.333. The van der Waals surface area contributed by atoms with Gasteiger partial charge in [-0.25, -0.2) is 0 Å². The van der Waals surface area contributed by atoms with Crippen molar-refractivity contribution >= 4 is 17.6 Å². The number of benzene rings is 1. The highest BCUT2D eigenvalue weighted by molar-refractivity contribution is 5.85. The van der Waals surface area contributed by atoms with Crippen LogP contribution in [0.25, 0.3) is 0 Å². The molecule has 0 aliphatic carbocycles. The van der Waals surface area contributed by atoms with Crippen molar-refractivity contribution in [3.8, 4) is 12.3 Å². The molecular formula is C15H18N2O3. The Morgan fingerprint density at radius 2 is 2.05 bits per heavy atom. The second-order valence-electron chi connectivity index (χ2n) is 4.27. The summed E-state index contributed by atoms with van der Waals surface area (Å²) in [5, 5.41) is 11.4. The Morgan fingerprint density at radius 1 is 1.40 bits per heavy atom. The lowest BCUT2D eigenvalue weighted by Crippen LogP contribution is -2.46. The normalized spacial score (nSPS) is 11.2. The molecule has 5 heteroatoms. The summed E-state index contributed by atoms with van der Waals surface area (Å²) in [6, 6.07) is 8.73. The first kappa shape index (κ1) is 15.6. The predicted molar refractivity (Wildman–Crippen MR) is 77.3 cm³/mol. The van der Waals surface area contributed by atoms with Crippen LogP contribution in [0.1, 0.15) is 13.3 Å². The number of nitrogens with zero attached hydrogens (tertiary/aromatic N) is 1. The molecule has 0 heterocycles. The summed E-state index contributed by atoms with van der Waals surface area (Å²) in [4.78, 5) is 24.5. The van der Waals surface area contributed by atoms with E-state index in [0.717, 1.165) is 5.69 Å². The summed E-state index contributed by atoms with van der Waals surface area (Å²) in [5.41, 5.74) is 0.803. The quantitative estimate of drug-likeness (QED) is 0.731. The third-order valence-electron chi connectivity index (χ3n) is 2.87. The van der Waals surface area contributed by atoms with E-state index in [0.29, 0.717) is 0 Å². The van der Waals surface area contributed by atoms with E-state index in [2.05, 4.69) is 11.2 Å². The molecule has 20 heavy (non-hydrogen) atoms. The molecule has 106 valence electrons. The first-order chi connectivity index (χ1) is 9.56. The highest BCUT2D eigenvalue weighted by atomic mass is 16.4. The van der Waals surface area contributed by atoms with Crippen molar-refractivity contribution in [3.63, 3.8) is 0 Å². The molecule has 2 N–H and O–H groups in total. The maximum absolute atomic E-state index is 12.0. The van der Waals surface area contributed by atoms with Crippen LogP contribution in [0.5, 0.6) is 0 Å². The highest BCUT2D eigenvalue weighted by Gasteiger charge is 2.21. The van der Waals surface area contributed by atoms with Gasteiger partial charge in [-0.1, -0.05) is 24.1 Å². The smallest absolute Gasteiger partial charge is 0.305 e. The number of rotatable bonds is 7. The Labute approximate surface area is 118 Å². The SMILES string of the molecule is C#CCNC(=O)C(C)N(CCC(=O)O)c1ccccc1. The molecule has 0 bridgehead atoms. The number of anilines is 1. The summed E-state index contributed by atoms with van der Waals surface area (Å²) in [6.45, 7) is 2.13. The van der Waals surface area contributed by atoms with Crippen LogP contribution in [0.2, 0.25) is 0 Å². The molecule has 0 aromatic heterocycles. The number of nitrogens with one attached hydrogen (secondary N) is 1. The van der Waals surface area contributed by atoms with Crippen LogP contribution in [-0.2, 0) is 9.59 Å². The number of carbonyl (C=O) groups excluding carboxylic acids is 1. The second-order valence-corrected chi connectivity index (χ2v) is 4.27. The van der Waals surface area contributed by atoms with Crippen LogP contribution in [0.15, 0.2) is 30.3 Å². The van der Waals surface area contributed by atoms with Gasteiger partial charge in [0.2, 0.25) is 5.91 Å². The summed E-state index contributed by atoms with van der Waals surface area (Å²) in [5.74, 6) is 1.21. The number of terminal acetylenes is 1.